The van der Waals surface area contributed by atoms with Gasteiger partial charge in [0.25, 0.3) is 0 Å². The lowest BCUT2D eigenvalue weighted by Crippen LogP contribution is -2.09. The monoisotopic (exact) mass is 223 g/mol. The summed E-state index contributed by atoms with van der Waals surface area (Å²) in [6, 6.07) is 7.48. The second kappa shape index (κ2) is 6.85. The molecule has 1 rings (SSSR count). The molecular formula is C12H17NO3. The summed E-state index contributed by atoms with van der Waals surface area (Å²) in [5, 5.41) is 0. The molecule has 16 heavy (non-hydrogen) atoms. The molecule has 0 heterocycles. The molecule has 0 amide bonds. The predicted octanol–water partition coefficient (Wildman–Crippen LogP) is 1.74. The van der Waals surface area contributed by atoms with E-state index in [0.29, 0.717) is 25.1 Å². The number of hydrogen-bond acceptors (Lipinski definition) is 4. The quantitative estimate of drug-likeness (QED) is 0.345. The van der Waals surface area contributed by atoms with Crippen molar-refractivity contribution in [3.8, 4) is 0 Å². The summed E-state index contributed by atoms with van der Waals surface area (Å²) in [7, 11) is 0. The lowest BCUT2D eigenvalue weighted by molar-refractivity contribution is -0.155. The Hall–Kier alpha value is -1.55. The maximum Gasteiger partial charge on any atom is 0.308 e. The van der Waals surface area contributed by atoms with Gasteiger partial charge in [0.05, 0.1) is 0 Å². The number of aryl methyl sites for hydroxylation is 1. The number of nitrogens with two attached hydrogens (primary N) is 1. The Kier molecular flexibility index (Phi) is 5.36. The van der Waals surface area contributed by atoms with Crippen LogP contribution in [0.15, 0.2) is 24.3 Å². The third-order valence-corrected chi connectivity index (χ3v) is 2.08. The SMILES string of the molecule is CCOCOC(=O)CCc1cccc(N)c1. The molecule has 0 spiro atoms. The number of ether oxygens (including phenoxy) is 2. The van der Waals surface area contributed by atoms with Crippen molar-refractivity contribution in [1.82, 2.24) is 0 Å². The smallest absolute Gasteiger partial charge is 0.308 e. The van der Waals surface area contributed by atoms with Crippen molar-refractivity contribution in [1.29, 1.82) is 0 Å². The van der Waals surface area contributed by atoms with Gasteiger partial charge < -0.3 is 15.2 Å². The number of nitrogen functional groups attached to an aromatic ring is 1. The molecule has 1 aromatic rings. The van der Waals surface area contributed by atoms with E-state index in [1.165, 1.54) is 0 Å². The Bertz CT molecular complexity index is 339. The molecule has 0 aliphatic heterocycles. The van der Waals surface area contributed by atoms with E-state index in [1.807, 2.05) is 31.2 Å². The highest BCUT2D eigenvalue weighted by Gasteiger charge is 2.03. The number of rotatable bonds is 6. The van der Waals surface area contributed by atoms with Crippen molar-refractivity contribution in [2.45, 2.75) is 19.8 Å². The van der Waals surface area contributed by atoms with Gasteiger partial charge in [0.15, 0.2) is 6.79 Å². The van der Waals surface area contributed by atoms with E-state index >= 15 is 0 Å². The van der Waals surface area contributed by atoms with Crippen LogP contribution >= 0.6 is 0 Å². The molecule has 0 saturated heterocycles. The van der Waals surface area contributed by atoms with Gasteiger partial charge in [-0.1, -0.05) is 12.1 Å². The molecule has 0 fully saturated rings. The average molecular weight is 223 g/mol. The van der Waals surface area contributed by atoms with Gasteiger partial charge in [0, 0.05) is 18.7 Å². The van der Waals surface area contributed by atoms with Crippen LogP contribution in [0.5, 0.6) is 0 Å². The fourth-order valence-electron chi connectivity index (χ4n) is 1.26. The van der Waals surface area contributed by atoms with Crippen LogP contribution in [0.4, 0.5) is 5.69 Å². The Morgan fingerprint density at radius 2 is 2.25 bits per heavy atom. The average Bonchev–Trinajstić information content (AvgIpc) is 2.27. The number of hydrogen-bond donors (Lipinski definition) is 1. The fourth-order valence-corrected chi connectivity index (χ4v) is 1.26. The first-order chi connectivity index (χ1) is 7.72. The summed E-state index contributed by atoms with van der Waals surface area (Å²) in [6.45, 7) is 2.43. The molecule has 0 aliphatic rings. The zero-order chi connectivity index (χ0) is 11.8. The number of benzene rings is 1. The minimum Gasteiger partial charge on any atom is -0.438 e. The van der Waals surface area contributed by atoms with Crippen LogP contribution in [0.1, 0.15) is 18.9 Å². The Morgan fingerprint density at radius 3 is 2.94 bits per heavy atom. The van der Waals surface area contributed by atoms with Gasteiger partial charge in [0.2, 0.25) is 0 Å². The first kappa shape index (κ1) is 12.5. The van der Waals surface area contributed by atoms with Gasteiger partial charge in [0.1, 0.15) is 0 Å². The zero-order valence-corrected chi connectivity index (χ0v) is 9.44. The summed E-state index contributed by atoms with van der Waals surface area (Å²) in [5.74, 6) is -0.254. The lowest BCUT2D eigenvalue weighted by Gasteiger charge is -2.04. The van der Waals surface area contributed by atoms with E-state index in [0.717, 1.165) is 5.56 Å². The first-order valence-electron chi connectivity index (χ1n) is 5.30. The van der Waals surface area contributed by atoms with E-state index in [9.17, 15) is 4.79 Å². The Morgan fingerprint density at radius 1 is 1.44 bits per heavy atom. The number of carbonyl (C=O) groups excluding carboxylic acids is 1. The third kappa shape index (κ3) is 4.79. The van der Waals surface area contributed by atoms with E-state index in [-0.39, 0.29) is 12.8 Å². The molecule has 0 atom stereocenters. The molecule has 0 bridgehead atoms. The van der Waals surface area contributed by atoms with Crippen LogP contribution in [-0.4, -0.2) is 19.4 Å². The zero-order valence-electron chi connectivity index (χ0n) is 9.44. The largest absolute Gasteiger partial charge is 0.438 e. The maximum absolute atomic E-state index is 11.2. The van der Waals surface area contributed by atoms with Crippen LogP contribution in [0, 0.1) is 0 Å². The van der Waals surface area contributed by atoms with Gasteiger partial charge in [-0.2, -0.15) is 0 Å². The minimum absolute atomic E-state index is 0.0340. The van der Waals surface area contributed by atoms with Gasteiger partial charge in [-0.25, -0.2) is 0 Å². The minimum atomic E-state index is -0.254. The highest BCUT2D eigenvalue weighted by atomic mass is 16.7. The lowest BCUT2D eigenvalue weighted by atomic mass is 10.1. The van der Waals surface area contributed by atoms with Crippen molar-refractivity contribution in [3.05, 3.63) is 29.8 Å². The molecule has 0 aliphatic carbocycles. The number of anilines is 1. The molecule has 0 aromatic heterocycles. The van der Waals surface area contributed by atoms with Crippen LogP contribution in [-0.2, 0) is 20.7 Å². The maximum atomic E-state index is 11.2. The Balaban J connectivity index is 2.26. The van der Waals surface area contributed by atoms with E-state index in [2.05, 4.69) is 0 Å². The summed E-state index contributed by atoms with van der Waals surface area (Å²) < 4.78 is 9.75. The van der Waals surface area contributed by atoms with Gasteiger partial charge in [-0.3, -0.25) is 4.79 Å². The molecular weight excluding hydrogens is 206 g/mol. The number of esters is 1. The second-order valence-electron chi connectivity index (χ2n) is 3.37. The normalized spacial score (nSPS) is 10.1. The second-order valence-corrected chi connectivity index (χ2v) is 3.37. The molecule has 88 valence electrons. The van der Waals surface area contributed by atoms with Crippen LogP contribution in [0.2, 0.25) is 0 Å². The Labute approximate surface area is 95.3 Å². The van der Waals surface area contributed by atoms with Crippen molar-refractivity contribution < 1.29 is 14.3 Å². The van der Waals surface area contributed by atoms with Crippen LogP contribution in [0.25, 0.3) is 0 Å². The van der Waals surface area contributed by atoms with E-state index < -0.39 is 0 Å². The predicted molar refractivity (Wildman–Crippen MR) is 61.8 cm³/mol. The summed E-state index contributed by atoms with van der Waals surface area (Å²) in [6.07, 6.45) is 0.979. The van der Waals surface area contributed by atoms with Crippen molar-refractivity contribution in [3.63, 3.8) is 0 Å². The standard InChI is InChI=1S/C12H17NO3/c1-2-15-9-16-12(14)7-6-10-4-3-5-11(13)8-10/h3-5,8H,2,6-7,9,13H2,1H3. The van der Waals surface area contributed by atoms with Crippen LogP contribution in [0.3, 0.4) is 0 Å². The van der Waals surface area contributed by atoms with Gasteiger partial charge >= 0.3 is 5.97 Å². The summed E-state index contributed by atoms with van der Waals surface area (Å²) >= 11 is 0. The van der Waals surface area contributed by atoms with E-state index in [1.54, 1.807) is 0 Å². The highest BCUT2D eigenvalue weighted by Crippen LogP contribution is 2.09. The first-order valence-corrected chi connectivity index (χ1v) is 5.30. The van der Waals surface area contributed by atoms with Crippen LogP contribution < -0.4 is 5.73 Å². The fraction of sp³-hybridized carbons (Fsp3) is 0.417. The molecule has 0 saturated carbocycles. The molecule has 0 radical (unpaired) electrons. The topological polar surface area (TPSA) is 61.5 Å². The number of carbonyl (C=O) groups is 1. The molecule has 1 aromatic carbocycles. The van der Waals surface area contributed by atoms with Gasteiger partial charge in [-0.15, -0.1) is 0 Å². The molecule has 0 unspecified atom stereocenters. The van der Waals surface area contributed by atoms with Crippen molar-refractivity contribution in [2.24, 2.45) is 0 Å². The molecule has 4 heteroatoms. The van der Waals surface area contributed by atoms with E-state index in [4.69, 9.17) is 15.2 Å². The van der Waals surface area contributed by atoms with Gasteiger partial charge in [-0.05, 0) is 31.0 Å². The molecule has 4 nitrogen and oxygen atoms in total. The summed E-state index contributed by atoms with van der Waals surface area (Å²) in [5.41, 5.74) is 7.37. The van der Waals surface area contributed by atoms with Crippen molar-refractivity contribution in [2.75, 3.05) is 19.1 Å². The van der Waals surface area contributed by atoms with Crippen molar-refractivity contribution >= 4 is 11.7 Å². The molecule has 2 N–H and O–H groups in total. The highest BCUT2D eigenvalue weighted by molar-refractivity contribution is 5.69. The third-order valence-electron chi connectivity index (χ3n) is 2.08. The summed E-state index contributed by atoms with van der Waals surface area (Å²) in [4.78, 5) is 11.2.